The van der Waals surface area contributed by atoms with Crippen LogP contribution in [0.4, 0.5) is 5.82 Å². The first kappa shape index (κ1) is 11.3. The van der Waals surface area contributed by atoms with Gasteiger partial charge in [0.05, 0.1) is 12.2 Å². The van der Waals surface area contributed by atoms with E-state index in [2.05, 4.69) is 25.5 Å². The molecule has 2 aromatic heterocycles. The highest BCUT2D eigenvalue weighted by molar-refractivity contribution is 5.44. The Morgan fingerprint density at radius 1 is 1.44 bits per heavy atom. The van der Waals surface area contributed by atoms with Crippen LogP contribution in [0.2, 0.25) is 0 Å². The summed E-state index contributed by atoms with van der Waals surface area (Å²) in [6.07, 6.45) is 0.179. The Bertz CT molecular complexity index is 542. The van der Waals surface area contributed by atoms with E-state index in [1.54, 1.807) is 0 Å². The van der Waals surface area contributed by atoms with E-state index in [9.17, 15) is 0 Å². The third-order valence-corrected chi connectivity index (χ3v) is 2.97. The van der Waals surface area contributed by atoms with Crippen LogP contribution in [0.15, 0.2) is 12.1 Å². The molecule has 1 aliphatic rings. The predicted molar refractivity (Wildman–Crippen MR) is 64.2 cm³/mol. The molecule has 0 amide bonds. The molecule has 1 saturated heterocycles. The van der Waals surface area contributed by atoms with Crippen LogP contribution in [0.1, 0.15) is 6.92 Å². The summed E-state index contributed by atoms with van der Waals surface area (Å²) in [6, 6.07) is 3.76. The number of hydrogen-bond donors (Lipinski definition) is 1. The second kappa shape index (κ2) is 4.46. The van der Waals surface area contributed by atoms with Crippen molar-refractivity contribution in [3.05, 3.63) is 12.1 Å². The molecule has 1 fully saturated rings. The van der Waals surface area contributed by atoms with Gasteiger partial charge in [0.25, 0.3) is 0 Å². The van der Waals surface area contributed by atoms with Crippen LogP contribution in [-0.4, -0.2) is 57.1 Å². The van der Waals surface area contributed by atoms with Crippen molar-refractivity contribution in [2.24, 2.45) is 5.73 Å². The number of rotatable bonds is 2. The number of hydrogen-bond acceptors (Lipinski definition) is 7. The number of fused-ring (bicyclic) bond motifs is 1. The molecule has 0 saturated carbocycles. The summed E-state index contributed by atoms with van der Waals surface area (Å²) in [7, 11) is 0. The zero-order chi connectivity index (χ0) is 12.5. The first-order chi connectivity index (χ1) is 8.76. The van der Waals surface area contributed by atoms with Gasteiger partial charge in [0.15, 0.2) is 11.5 Å². The predicted octanol–water partition coefficient (Wildman–Crippen LogP) is -0.928. The average Bonchev–Trinajstić information content (AvgIpc) is 2.85. The normalized spacial score (nSPS) is 24.7. The number of aromatic nitrogens is 5. The van der Waals surface area contributed by atoms with Gasteiger partial charge in [-0.25, -0.2) is 0 Å². The number of nitrogens with zero attached hydrogens (tertiary/aromatic N) is 6. The van der Waals surface area contributed by atoms with E-state index in [0.29, 0.717) is 12.2 Å². The Hall–Kier alpha value is -1.80. The van der Waals surface area contributed by atoms with Crippen LogP contribution >= 0.6 is 0 Å². The number of morpholine rings is 1. The minimum Gasteiger partial charge on any atom is -0.370 e. The van der Waals surface area contributed by atoms with Crippen molar-refractivity contribution in [3.8, 4) is 0 Å². The summed E-state index contributed by atoms with van der Waals surface area (Å²) in [5.41, 5.74) is 6.30. The van der Waals surface area contributed by atoms with Crippen molar-refractivity contribution in [3.63, 3.8) is 0 Å². The second-order valence-corrected chi connectivity index (χ2v) is 4.43. The molecule has 8 heteroatoms. The van der Waals surface area contributed by atoms with Gasteiger partial charge in [-0.05, 0) is 29.5 Å². The molecule has 1 aliphatic heterocycles. The van der Waals surface area contributed by atoms with Crippen LogP contribution < -0.4 is 10.6 Å². The maximum absolute atomic E-state index is 5.72. The Morgan fingerprint density at radius 3 is 3.17 bits per heavy atom. The van der Waals surface area contributed by atoms with Gasteiger partial charge in [0, 0.05) is 19.6 Å². The van der Waals surface area contributed by atoms with Gasteiger partial charge in [-0.1, -0.05) is 0 Å². The Kier molecular flexibility index (Phi) is 2.80. The van der Waals surface area contributed by atoms with E-state index < -0.39 is 0 Å². The van der Waals surface area contributed by atoms with E-state index >= 15 is 0 Å². The van der Waals surface area contributed by atoms with Gasteiger partial charge in [-0.15, -0.1) is 14.8 Å². The molecule has 0 bridgehead atoms. The fourth-order valence-electron chi connectivity index (χ4n) is 2.17. The molecule has 2 unspecified atom stereocenters. The fourth-order valence-corrected chi connectivity index (χ4v) is 2.17. The standard InChI is InChI=1S/C10H15N7O/c1-7-5-16(6-8(4-11)18-7)10-3-2-9-12-14-15-17(9)13-10/h2-3,7-8H,4-6,11H2,1H3. The summed E-state index contributed by atoms with van der Waals surface area (Å²) in [4.78, 5) is 2.15. The highest BCUT2D eigenvalue weighted by atomic mass is 16.5. The van der Waals surface area contributed by atoms with Gasteiger partial charge >= 0.3 is 0 Å². The van der Waals surface area contributed by atoms with Crippen molar-refractivity contribution in [1.29, 1.82) is 0 Å². The van der Waals surface area contributed by atoms with E-state index in [1.807, 2.05) is 19.1 Å². The highest BCUT2D eigenvalue weighted by Crippen LogP contribution is 2.17. The number of ether oxygens (including phenoxy) is 1. The Morgan fingerprint density at radius 2 is 2.33 bits per heavy atom. The molecular weight excluding hydrogens is 234 g/mol. The Labute approximate surface area is 104 Å². The lowest BCUT2D eigenvalue weighted by Gasteiger charge is -2.36. The molecule has 3 rings (SSSR count). The van der Waals surface area contributed by atoms with Crippen LogP contribution in [0, 0.1) is 0 Å². The van der Waals surface area contributed by atoms with Crippen molar-refractivity contribution >= 4 is 11.5 Å². The number of tetrazole rings is 1. The largest absolute Gasteiger partial charge is 0.370 e. The van der Waals surface area contributed by atoms with Crippen LogP contribution in [0.25, 0.3) is 5.65 Å². The molecule has 0 aromatic carbocycles. The lowest BCUT2D eigenvalue weighted by molar-refractivity contribution is -0.0107. The molecule has 0 spiro atoms. The van der Waals surface area contributed by atoms with Gasteiger partial charge in [0.2, 0.25) is 0 Å². The molecule has 3 heterocycles. The van der Waals surface area contributed by atoms with Crippen molar-refractivity contribution < 1.29 is 4.74 Å². The number of anilines is 1. The molecule has 96 valence electrons. The molecule has 0 aliphatic carbocycles. The van der Waals surface area contributed by atoms with E-state index in [-0.39, 0.29) is 12.2 Å². The molecule has 2 N–H and O–H groups in total. The summed E-state index contributed by atoms with van der Waals surface area (Å²) < 4.78 is 7.14. The zero-order valence-electron chi connectivity index (χ0n) is 10.1. The summed E-state index contributed by atoms with van der Waals surface area (Å²) in [6.45, 7) is 4.07. The lowest BCUT2D eigenvalue weighted by Crippen LogP contribution is -2.49. The van der Waals surface area contributed by atoms with Crippen LogP contribution in [-0.2, 0) is 4.74 Å². The topological polar surface area (TPSA) is 94.5 Å². The first-order valence-electron chi connectivity index (χ1n) is 5.92. The Balaban J connectivity index is 1.88. The SMILES string of the molecule is CC1CN(c2ccc3nnnn3n2)CC(CN)O1. The molecule has 2 atom stereocenters. The smallest absolute Gasteiger partial charge is 0.200 e. The maximum atomic E-state index is 5.72. The third kappa shape index (κ3) is 2.00. The average molecular weight is 249 g/mol. The van der Waals surface area contributed by atoms with E-state index in [4.69, 9.17) is 10.5 Å². The van der Waals surface area contributed by atoms with Crippen LogP contribution in [0.5, 0.6) is 0 Å². The van der Waals surface area contributed by atoms with Gasteiger partial charge in [-0.3, -0.25) is 0 Å². The minimum absolute atomic E-state index is 0.0418. The first-order valence-corrected chi connectivity index (χ1v) is 5.92. The molecular formula is C10H15N7O. The summed E-state index contributed by atoms with van der Waals surface area (Å²) >= 11 is 0. The quantitative estimate of drug-likeness (QED) is 0.734. The van der Waals surface area contributed by atoms with Gasteiger partial charge < -0.3 is 15.4 Å². The molecule has 2 aromatic rings. The van der Waals surface area contributed by atoms with Gasteiger partial charge in [-0.2, -0.15) is 0 Å². The van der Waals surface area contributed by atoms with Gasteiger partial charge in [0.1, 0.15) is 0 Å². The number of nitrogens with two attached hydrogens (primary N) is 1. The maximum Gasteiger partial charge on any atom is 0.200 e. The minimum atomic E-state index is 0.0418. The van der Waals surface area contributed by atoms with Crippen molar-refractivity contribution in [2.75, 3.05) is 24.5 Å². The van der Waals surface area contributed by atoms with Crippen LogP contribution in [0.3, 0.4) is 0 Å². The monoisotopic (exact) mass is 249 g/mol. The fraction of sp³-hybridized carbons (Fsp3) is 0.600. The molecule has 18 heavy (non-hydrogen) atoms. The lowest BCUT2D eigenvalue weighted by atomic mass is 10.2. The summed E-state index contributed by atoms with van der Waals surface area (Å²) in [5, 5.41) is 15.6. The third-order valence-electron chi connectivity index (χ3n) is 2.97. The zero-order valence-corrected chi connectivity index (χ0v) is 10.1. The van der Waals surface area contributed by atoms with Crippen molar-refractivity contribution in [2.45, 2.75) is 19.1 Å². The van der Waals surface area contributed by atoms with E-state index in [1.165, 1.54) is 4.63 Å². The summed E-state index contributed by atoms with van der Waals surface area (Å²) in [5.74, 6) is 0.836. The molecule has 8 nitrogen and oxygen atoms in total. The van der Waals surface area contributed by atoms with E-state index in [0.717, 1.165) is 18.9 Å². The second-order valence-electron chi connectivity index (χ2n) is 4.43. The molecule has 0 radical (unpaired) electrons. The van der Waals surface area contributed by atoms with Crippen molar-refractivity contribution in [1.82, 2.24) is 25.3 Å². The highest BCUT2D eigenvalue weighted by Gasteiger charge is 2.25.